The molecule has 1 aliphatic rings. The van der Waals surface area contributed by atoms with Crippen molar-refractivity contribution >= 4 is 23.2 Å². The van der Waals surface area contributed by atoms with E-state index in [0.29, 0.717) is 19.8 Å². The highest BCUT2D eigenvalue weighted by molar-refractivity contribution is 5.81. The second-order valence-electron chi connectivity index (χ2n) is 8.21. The van der Waals surface area contributed by atoms with Crippen LogP contribution in [0.2, 0.25) is 0 Å². The SMILES string of the molecule is CN(C)c1cccc(C=NCc2cc(N3CCOCC3)c3nc(-c4ccncc4)cn3n2)c1. The highest BCUT2D eigenvalue weighted by atomic mass is 16.5. The molecule has 1 aromatic carbocycles. The maximum atomic E-state index is 5.56. The molecule has 0 bridgehead atoms. The van der Waals surface area contributed by atoms with Crippen LogP contribution < -0.4 is 9.80 Å². The Kier molecular flexibility index (Phi) is 5.99. The van der Waals surface area contributed by atoms with Crippen LogP contribution >= 0.6 is 0 Å². The summed E-state index contributed by atoms with van der Waals surface area (Å²) in [4.78, 5) is 18.1. The molecular weight excluding hydrogens is 414 g/mol. The molecule has 0 N–H and O–H groups in total. The average molecular weight is 442 g/mol. The van der Waals surface area contributed by atoms with E-state index in [9.17, 15) is 0 Å². The lowest BCUT2D eigenvalue weighted by Gasteiger charge is -2.29. The second kappa shape index (κ2) is 9.38. The fraction of sp³-hybridized carbons (Fsp3) is 0.280. The predicted molar refractivity (Wildman–Crippen MR) is 131 cm³/mol. The van der Waals surface area contributed by atoms with Crippen LogP contribution in [-0.4, -0.2) is 66.2 Å². The molecule has 4 heterocycles. The lowest BCUT2D eigenvalue weighted by molar-refractivity contribution is 0.123. The van der Waals surface area contributed by atoms with Crippen molar-refractivity contribution in [1.82, 2.24) is 19.6 Å². The van der Waals surface area contributed by atoms with E-state index in [4.69, 9.17) is 14.8 Å². The molecule has 33 heavy (non-hydrogen) atoms. The van der Waals surface area contributed by atoms with Gasteiger partial charge in [-0.25, -0.2) is 9.50 Å². The zero-order chi connectivity index (χ0) is 22.6. The summed E-state index contributed by atoms with van der Waals surface area (Å²) in [5.74, 6) is 0. The van der Waals surface area contributed by atoms with E-state index in [1.54, 1.807) is 12.4 Å². The molecule has 0 aliphatic carbocycles. The lowest BCUT2D eigenvalue weighted by atomic mass is 10.2. The summed E-state index contributed by atoms with van der Waals surface area (Å²) in [6.07, 6.45) is 7.44. The Bertz CT molecular complexity index is 1260. The number of hydrogen-bond acceptors (Lipinski definition) is 7. The Labute approximate surface area is 193 Å². The van der Waals surface area contributed by atoms with Gasteiger partial charge in [0.05, 0.1) is 43.0 Å². The first-order valence-corrected chi connectivity index (χ1v) is 11.1. The van der Waals surface area contributed by atoms with Gasteiger partial charge < -0.3 is 14.5 Å². The van der Waals surface area contributed by atoms with Crippen molar-refractivity contribution in [2.24, 2.45) is 4.99 Å². The van der Waals surface area contributed by atoms with Crippen molar-refractivity contribution in [2.45, 2.75) is 6.54 Å². The molecule has 0 spiro atoms. The van der Waals surface area contributed by atoms with Gasteiger partial charge in [-0.1, -0.05) is 12.1 Å². The van der Waals surface area contributed by atoms with Gasteiger partial charge in [0.2, 0.25) is 0 Å². The van der Waals surface area contributed by atoms with Gasteiger partial charge in [0, 0.05) is 57.0 Å². The Morgan fingerprint density at radius 3 is 2.70 bits per heavy atom. The minimum atomic E-state index is 0.488. The van der Waals surface area contributed by atoms with E-state index in [1.807, 2.05) is 49.2 Å². The van der Waals surface area contributed by atoms with Gasteiger partial charge in [-0.3, -0.25) is 9.98 Å². The molecule has 0 amide bonds. The van der Waals surface area contributed by atoms with Crippen molar-refractivity contribution in [3.8, 4) is 11.3 Å². The van der Waals surface area contributed by atoms with Gasteiger partial charge in [-0.05, 0) is 35.9 Å². The molecule has 1 saturated heterocycles. The third kappa shape index (κ3) is 4.70. The molecule has 4 aromatic rings. The number of hydrogen-bond donors (Lipinski definition) is 0. The number of anilines is 2. The zero-order valence-electron chi connectivity index (χ0n) is 18.9. The normalized spacial score (nSPS) is 14.3. The van der Waals surface area contributed by atoms with Crippen LogP contribution in [0.15, 0.2) is 66.0 Å². The molecule has 0 atom stereocenters. The van der Waals surface area contributed by atoms with E-state index in [0.717, 1.165) is 52.6 Å². The number of nitrogens with zero attached hydrogens (tertiary/aromatic N) is 7. The van der Waals surface area contributed by atoms with Gasteiger partial charge in [0.15, 0.2) is 5.65 Å². The van der Waals surface area contributed by atoms with Crippen molar-refractivity contribution in [3.05, 3.63) is 72.3 Å². The van der Waals surface area contributed by atoms with Crippen LogP contribution in [0.3, 0.4) is 0 Å². The van der Waals surface area contributed by atoms with Crippen molar-refractivity contribution < 1.29 is 4.74 Å². The maximum Gasteiger partial charge on any atom is 0.177 e. The number of morpholine rings is 1. The Morgan fingerprint density at radius 1 is 1.09 bits per heavy atom. The van der Waals surface area contributed by atoms with Crippen molar-refractivity contribution in [3.63, 3.8) is 0 Å². The number of benzene rings is 1. The number of aliphatic imine (C=N–C) groups is 1. The Balaban J connectivity index is 1.47. The minimum Gasteiger partial charge on any atom is -0.378 e. The third-order valence-electron chi connectivity index (χ3n) is 5.66. The van der Waals surface area contributed by atoms with Crippen LogP contribution in [0.1, 0.15) is 11.3 Å². The Hall–Kier alpha value is -3.78. The third-order valence-corrected chi connectivity index (χ3v) is 5.66. The largest absolute Gasteiger partial charge is 0.378 e. The van der Waals surface area contributed by atoms with Gasteiger partial charge in [-0.15, -0.1) is 0 Å². The van der Waals surface area contributed by atoms with Gasteiger partial charge >= 0.3 is 0 Å². The highest BCUT2D eigenvalue weighted by Gasteiger charge is 2.18. The fourth-order valence-electron chi connectivity index (χ4n) is 3.92. The number of rotatable bonds is 6. The van der Waals surface area contributed by atoms with Gasteiger partial charge in [0.25, 0.3) is 0 Å². The molecule has 3 aromatic heterocycles. The molecule has 0 radical (unpaired) electrons. The first-order valence-electron chi connectivity index (χ1n) is 11.1. The van der Waals surface area contributed by atoms with Gasteiger partial charge in [-0.2, -0.15) is 5.10 Å². The van der Waals surface area contributed by atoms with Crippen LogP contribution in [-0.2, 0) is 11.3 Å². The summed E-state index contributed by atoms with van der Waals surface area (Å²) < 4.78 is 7.43. The van der Waals surface area contributed by atoms with E-state index in [-0.39, 0.29) is 0 Å². The van der Waals surface area contributed by atoms with Crippen molar-refractivity contribution in [1.29, 1.82) is 0 Å². The van der Waals surface area contributed by atoms with Crippen molar-refractivity contribution in [2.75, 3.05) is 50.2 Å². The molecule has 8 nitrogen and oxygen atoms in total. The van der Waals surface area contributed by atoms with Crippen LogP contribution in [0.5, 0.6) is 0 Å². The standard InChI is InChI=1S/C25H27N7O/c1-30(2)22-5-3-4-19(14-22)16-27-17-21-15-24(31-10-12-33-13-11-31)25-28-23(18-32(25)29-21)20-6-8-26-9-7-20/h3-9,14-16,18H,10-13,17H2,1-2H3. The zero-order valence-corrected chi connectivity index (χ0v) is 18.9. The average Bonchev–Trinajstić information content (AvgIpc) is 3.29. The Morgan fingerprint density at radius 2 is 1.91 bits per heavy atom. The molecule has 0 unspecified atom stereocenters. The molecule has 5 rings (SSSR count). The quantitative estimate of drug-likeness (QED) is 0.428. The van der Waals surface area contributed by atoms with E-state index in [2.05, 4.69) is 44.0 Å². The van der Waals surface area contributed by atoms with Crippen LogP contribution in [0.25, 0.3) is 16.9 Å². The smallest absolute Gasteiger partial charge is 0.177 e. The lowest BCUT2D eigenvalue weighted by Crippen LogP contribution is -2.36. The maximum absolute atomic E-state index is 5.56. The van der Waals surface area contributed by atoms with Crippen LogP contribution in [0, 0.1) is 0 Å². The monoisotopic (exact) mass is 441 g/mol. The molecule has 1 aliphatic heterocycles. The first-order chi connectivity index (χ1) is 16.2. The van der Waals surface area contributed by atoms with Crippen LogP contribution in [0.4, 0.5) is 11.4 Å². The first kappa shape index (κ1) is 21.1. The summed E-state index contributed by atoms with van der Waals surface area (Å²) in [6, 6.07) is 14.3. The second-order valence-corrected chi connectivity index (χ2v) is 8.21. The van der Waals surface area contributed by atoms with Gasteiger partial charge in [0.1, 0.15) is 0 Å². The summed E-state index contributed by atoms with van der Waals surface area (Å²) in [5, 5.41) is 4.81. The summed E-state index contributed by atoms with van der Waals surface area (Å²) in [5.41, 5.74) is 6.91. The summed E-state index contributed by atoms with van der Waals surface area (Å²) in [7, 11) is 4.07. The molecule has 1 fully saturated rings. The number of ether oxygens (including phenoxy) is 1. The van der Waals surface area contributed by atoms with E-state index in [1.165, 1.54) is 0 Å². The van der Waals surface area contributed by atoms with E-state index >= 15 is 0 Å². The molecule has 168 valence electrons. The number of fused-ring (bicyclic) bond motifs is 1. The summed E-state index contributed by atoms with van der Waals surface area (Å²) in [6.45, 7) is 3.57. The molecule has 8 heteroatoms. The number of imidazole rings is 1. The topological polar surface area (TPSA) is 71.2 Å². The number of pyridine rings is 1. The predicted octanol–water partition coefficient (Wildman–Crippen LogP) is 3.31. The fourth-order valence-corrected chi connectivity index (χ4v) is 3.92. The molecular formula is C25H27N7O. The molecule has 0 saturated carbocycles. The number of aromatic nitrogens is 4. The summed E-state index contributed by atoms with van der Waals surface area (Å²) >= 11 is 0. The van der Waals surface area contributed by atoms with E-state index < -0.39 is 0 Å². The minimum absolute atomic E-state index is 0.488. The highest BCUT2D eigenvalue weighted by Crippen LogP contribution is 2.26.